The van der Waals surface area contributed by atoms with Crippen LogP contribution in [-0.2, 0) is 9.53 Å². The summed E-state index contributed by atoms with van der Waals surface area (Å²) in [6, 6.07) is -0.000000000000000444. The Bertz CT molecular complexity index is 250. The van der Waals surface area contributed by atoms with E-state index in [1.165, 1.54) is 0 Å². The van der Waals surface area contributed by atoms with Crippen molar-refractivity contribution in [1.29, 1.82) is 0 Å². The molecule has 1 heterocycles. The van der Waals surface area contributed by atoms with Gasteiger partial charge in [-0.3, -0.25) is 4.79 Å². The lowest BCUT2D eigenvalue weighted by Crippen LogP contribution is -2.37. The Morgan fingerprint density at radius 2 is 2.23 bits per heavy atom. The van der Waals surface area contributed by atoms with E-state index in [1.807, 2.05) is 0 Å². The first-order valence-electron chi connectivity index (χ1n) is 4.42. The number of carbonyl (C=O) groups excluding carboxylic acids is 2. The summed E-state index contributed by atoms with van der Waals surface area (Å²) >= 11 is 0. The van der Waals surface area contributed by atoms with Gasteiger partial charge >= 0.3 is 6.09 Å². The number of rotatable bonds is 2. The Hall–Kier alpha value is -1.26. The molecule has 72 valence electrons. The minimum absolute atomic E-state index is 0.000000000000000444. The highest BCUT2D eigenvalue weighted by Crippen LogP contribution is 2.37. The lowest BCUT2D eigenvalue weighted by molar-refractivity contribution is -0.119. The van der Waals surface area contributed by atoms with Crippen molar-refractivity contribution in [2.24, 2.45) is 11.7 Å². The van der Waals surface area contributed by atoms with Gasteiger partial charge in [-0.2, -0.15) is 0 Å². The fourth-order valence-electron chi connectivity index (χ4n) is 1.79. The SMILES string of the molecule is NC(=O)O[C@H]1CC(=O)N[C@H]1C1CC1. The largest absolute Gasteiger partial charge is 0.444 e. The monoisotopic (exact) mass is 184 g/mol. The van der Waals surface area contributed by atoms with E-state index in [1.54, 1.807) is 0 Å². The maximum atomic E-state index is 11.0. The van der Waals surface area contributed by atoms with Crippen molar-refractivity contribution in [3.63, 3.8) is 0 Å². The Kier molecular flexibility index (Phi) is 1.86. The molecule has 3 N–H and O–H groups in total. The van der Waals surface area contributed by atoms with Gasteiger partial charge in [0, 0.05) is 0 Å². The molecule has 1 aliphatic heterocycles. The average molecular weight is 184 g/mol. The quantitative estimate of drug-likeness (QED) is 0.620. The molecular formula is C8H12N2O3. The normalized spacial score (nSPS) is 32.8. The van der Waals surface area contributed by atoms with Crippen LogP contribution in [-0.4, -0.2) is 24.1 Å². The van der Waals surface area contributed by atoms with Crippen LogP contribution in [0.2, 0.25) is 0 Å². The maximum Gasteiger partial charge on any atom is 0.404 e. The Balaban J connectivity index is 1.98. The first-order chi connectivity index (χ1) is 6.16. The molecule has 0 unspecified atom stereocenters. The minimum Gasteiger partial charge on any atom is -0.444 e. The van der Waals surface area contributed by atoms with Crippen LogP contribution in [0.15, 0.2) is 0 Å². The van der Waals surface area contributed by atoms with Crippen LogP contribution in [0.3, 0.4) is 0 Å². The molecule has 0 aromatic carbocycles. The smallest absolute Gasteiger partial charge is 0.404 e. The molecule has 2 amide bonds. The number of primary amides is 1. The second-order valence-electron chi connectivity index (χ2n) is 3.61. The number of ether oxygens (including phenoxy) is 1. The predicted octanol–water partition coefficient (Wildman–Crippen LogP) is -0.251. The van der Waals surface area contributed by atoms with Crippen molar-refractivity contribution >= 4 is 12.0 Å². The molecule has 2 fully saturated rings. The molecule has 5 heteroatoms. The van der Waals surface area contributed by atoms with Crippen LogP contribution >= 0.6 is 0 Å². The predicted molar refractivity (Wildman–Crippen MR) is 43.7 cm³/mol. The van der Waals surface area contributed by atoms with Gasteiger partial charge in [-0.25, -0.2) is 4.79 Å². The molecule has 0 spiro atoms. The van der Waals surface area contributed by atoms with E-state index >= 15 is 0 Å². The van der Waals surface area contributed by atoms with Crippen LogP contribution in [0, 0.1) is 5.92 Å². The second-order valence-corrected chi connectivity index (χ2v) is 3.61. The fourth-order valence-corrected chi connectivity index (χ4v) is 1.79. The number of nitrogens with two attached hydrogens (primary N) is 1. The third-order valence-corrected chi connectivity index (χ3v) is 2.51. The molecule has 0 radical (unpaired) electrons. The Morgan fingerprint density at radius 1 is 1.54 bits per heavy atom. The number of hydrogen-bond donors (Lipinski definition) is 2. The lowest BCUT2D eigenvalue weighted by Gasteiger charge is -2.17. The second kappa shape index (κ2) is 2.90. The highest BCUT2D eigenvalue weighted by molar-refractivity contribution is 5.80. The topological polar surface area (TPSA) is 81.4 Å². The number of amides is 2. The fraction of sp³-hybridized carbons (Fsp3) is 0.750. The van der Waals surface area contributed by atoms with Crippen molar-refractivity contribution in [1.82, 2.24) is 5.32 Å². The molecule has 2 atom stereocenters. The first-order valence-corrected chi connectivity index (χ1v) is 4.42. The van der Waals surface area contributed by atoms with Crippen LogP contribution in [0.1, 0.15) is 19.3 Å². The van der Waals surface area contributed by atoms with E-state index in [0.29, 0.717) is 5.92 Å². The van der Waals surface area contributed by atoms with E-state index in [2.05, 4.69) is 5.32 Å². The standard InChI is InChI=1S/C8H12N2O3/c9-8(12)13-5-3-6(11)10-7(5)4-1-2-4/h4-5,7H,1-3H2,(H2,9,12)(H,10,11)/t5-,7-/m0/s1. The third-order valence-electron chi connectivity index (χ3n) is 2.51. The Morgan fingerprint density at radius 3 is 2.77 bits per heavy atom. The van der Waals surface area contributed by atoms with Gasteiger partial charge in [0.2, 0.25) is 5.91 Å². The molecule has 1 aliphatic carbocycles. The molecule has 2 rings (SSSR count). The zero-order chi connectivity index (χ0) is 9.42. The molecule has 0 bridgehead atoms. The minimum atomic E-state index is -0.799. The van der Waals surface area contributed by atoms with Crippen molar-refractivity contribution < 1.29 is 14.3 Å². The molecule has 0 aromatic heterocycles. The lowest BCUT2D eigenvalue weighted by atomic mass is 10.1. The summed E-state index contributed by atoms with van der Waals surface area (Å²) in [7, 11) is 0. The highest BCUT2D eigenvalue weighted by atomic mass is 16.6. The van der Waals surface area contributed by atoms with E-state index in [9.17, 15) is 9.59 Å². The van der Waals surface area contributed by atoms with Gasteiger partial charge in [0.15, 0.2) is 0 Å². The van der Waals surface area contributed by atoms with Crippen molar-refractivity contribution in [3.05, 3.63) is 0 Å². The van der Waals surface area contributed by atoms with Crippen LogP contribution in [0.4, 0.5) is 4.79 Å². The number of hydrogen-bond acceptors (Lipinski definition) is 3. The molecule has 2 aliphatic rings. The summed E-state index contributed by atoms with van der Waals surface area (Å²) in [6.07, 6.45) is 1.31. The molecule has 5 nitrogen and oxygen atoms in total. The maximum absolute atomic E-state index is 11.0. The summed E-state index contributed by atoms with van der Waals surface area (Å²) in [6.45, 7) is 0. The summed E-state index contributed by atoms with van der Waals surface area (Å²) in [5.41, 5.74) is 4.90. The van der Waals surface area contributed by atoms with E-state index in [-0.39, 0.29) is 24.5 Å². The summed E-state index contributed by atoms with van der Waals surface area (Å²) in [5, 5.41) is 2.80. The van der Waals surface area contributed by atoms with Gasteiger partial charge in [-0.05, 0) is 18.8 Å². The first kappa shape index (κ1) is 8.34. The molecule has 1 saturated heterocycles. The van der Waals surface area contributed by atoms with Crippen LogP contribution in [0.25, 0.3) is 0 Å². The molecule has 0 aromatic rings. The van der Waals surface area contributed by atoms with E-state index in [0.717, 1.165) is 12.8 Å². The van der Waals surface area contributed by atoms with Gasteiger partial charge in [0.25, 0.3) is 0 Å². The van der Waals surface area contributed by atoms with Gasteiger partial charge in [-0.1, -0.05) is 0 Å². The summed E-state index contributed by atoms with van der Waals surface area (Å²) in [4.78, 5) is 21.5. The van der Waals surface area contributed by atoms with Crippen molar-refractivity contribution in [2.45, 2.75) is 31.4 Å². The van der Waals surface area contributed by atoms with Gasteiger partial charge in [0.1, 0.15) is 6.10 Å². The van der Waals surface area contributed by atoms with E-state index in [4.69, 9.17) is 10.5 Å². The zero-order valence-electron chi connectivity index (χ0n) is 7.16. The number of nitrogens with one attached hydrogen (secondary N) is 1. The van der Waals surface area contributed by atoms with Gasteiger partial charge in [-0.15, -0.1) is 0 Å². The van der Waals surface area contributed by atoms with Crippen molar-refractivity contribution in [3.8, 4) is 0 Å². The zero-order valence-corrected chi connectivity index (χ0v) is 7.16. The van der Waals surface area contributed by atoms with Crippen molar-refractivity contribution in [2.75, 3.05) is 0 Å². The third kappa shape index (κ3) is 1.74. The molecule has 1 saturated carbocycles. The van der Waals surface area contributed by atoms with Crippen LogP contribution in [0.5, 0.6) is 0 Å². The highest BCUT2D eigenvalue weighted by Gasteiger charge is 2.44. The van der Waals surface area contributed by atoms with Crippen LogP contribution < -0.4 is 11.1 Å². The van der Waals surface area contributed by atoms with E-state index < -0.39 is 6.09 Å². The molecule has 13 heavy (non-hydrogen) atoms. The van der Waals surface area contributed by atoms with Gasteiger partial charge in [0.05, 0.1) is 12.5 Å². The Labute approximate surface area is 75.6 Å². The van der Waals surface area contributed by atoms with Gasteiger partial charge < -0.3 is 15.8 Å². The number of carbonyl (C=O) groups is 2. The summed E-state index contributed by atoms with van der Waals surface area (Å²) < 4.78 is 4.85. The summed E-state index contributed by atoms with van der Waals surface area (Å²) in [5.74, 6) is 0.430. The average Bonchev–Trinajstić information content (AvgIpc) is 2.77. The molecular weight excluding hydrogens is 172 g/mol.